The number of anilines is 6. The zero-order chi connectivity index (χ0) is 62.4. The van der Waals surface area contributed by atoms with Crippen LogP contribution in [0.25, 0.3) is 94.3 Å². The summed E-state index contributed by atoms with van der Waals surface area (Å²) in [6.07, 6.45) is -9.90. The molecule has 1 aromatic heterocycles. The lowest BCUT2D eigenvalue weighted by Gasteiger charge is -2.44. The smallest absolute Gasteiger partial charge is 0.311 e. The second-order valence-electron chi connectivity index (χ2n) is 23.3. The summed E-state index contributed by atoms with van der Waals surface area (Å²) in [5.74, 6) is 0. The van der Waals surface area contributed by atoms with Crippen LogP contribution in [0.5, 0.6) is 0 Å². The fourth-order valence-electron chi connectivity index (χ4n) is 13.9. The van der Waals surface area contributed by atoms with Gasteiger partial charge in [-0.1, -0.05) is 188 Å². The quantitative estimate of drug-likeness (QED) is 0.107. The Morgan fingerprint density at radius 3 is 1.26 bits per heavy atom. The Bertz CT molecular complexity index is 4980. The van der Waals surface area contributed by atoms with Gasteiger partial charge in [-0.25, -0.2) is 0 Å². The second kappa shape index (κ2) is 21.9. The third kappa shape index (κ3) is 9.49. The predicted octanol–water partition coefficient (Wildman–Crippen LogP) is 20.8. The molecule has 0 bridgehead atoms. The molecule has 14 aromatic rings. The van der Waals surface area contributed by atoms with E-state index >= 15 is 13.2 Å². The Kier molecular flexibility index (Phi) is 13.2. The van der Waals surface area contributed by atoms with Crippen LogP contribution in [0, 0.1) is 11.3 Å². The van der Waals surface area contributed by atoms with Gasteiger partial charge in [-0.05, 0) is 187 Å². The first-order chi connectivity index (χ1) is 44.8. The third-order valence-corrected chi connectivity index (χ3v) is 18.0. The minimum absolute atomic E-state index is 0.0974. The highest BCUT2D eigenvalue weighted by Gasteiger charge is 2.44. The van der Waals surface area contributed by atoms with Gasteiger partial charge in [-0.15, -0.1) is 0 Å². The third-order valence-electron chi connectivity index (χ3n) is 18.0. The minimum atomic E-state index is -5.02. The summed E-state index contributed by atoms with van der Waals surface area (Å²) in [6, 6.07) is 98.2. The Morgan fingerprint density at radius 2 is 0.772 bits per heavy atom. The molecule has 16 rings (SSSR count). The number of aromatic nitrogens is 1. The van der Waals surface area contributed by atoms with Crippen LogP contribution in [0.2, 0.25) is 0 Å². The van der Waals surface area contributed by atoms with Crippen LogP contribution in [-0.2, 0) is 12.4 Å². The molecule has 13 aromatic carbocycles. The van der Waals surface area contributed by atoms with E-state index in [1.807, 2.05) is 54.6 Å². The number of hydrogen-bond donors (Lipinski definition) is 0. The standard InChI is InChI=1S/C81H49BF6N4/c83-80(84,85)62-35-38-74(68(49-62)65-36-33-51(50-89)39-69(65)81(86,87)88)92-72-30-16-13-27-66(72)67-46-56(34-37-73(67)92)61-47-77-79-78(48-61)91(64-44-59(54-23-9-3-10-24-54)41-60(45-64)55-25-11-4-12-26-55)76-32-18-15-29-71(76)82(79)70-28-14-17-31-75(70)90(77)63-42-57(52-19-5-1-6-20-52)40-58(43-63)53-21-7-2-8-22-53/h1-49H. The van der Waals surface area contributed by atoms with Crippen LogP contribution in [-0.4, -0.2) is 11.3 Å². The van der Waals surface area contributed by atoms with E-state index in [4.69, 9.17) is 0 Å². The summed E-state index contributed by atoms with van der Waals surface area (Å²) in [5.41, 5.74) is 17.1. The lowest BCUT2D eigenvalue weighted by atomic mass is 9.33. The fraction of sp³-hybridized carbons (Fsp3) is 0.0247. The minimum Gasteiger partial charge on any atom is -0.311 e. The van der Waals surface area contributed by atoms with Gasteiger partial charge in [-0.3, -0.25) is 0 Å². The van der Waals surface area contributed by atoms with Crippen molar-refractivity contribution in [3.05, 3.63) is 314 Å². The summed E-state index contributed by atoms with van der Waals surface area (Å²) in [6.45, 7) is -0.224. The molecule has 2 aliphatic rings. The van der Waals surface area contributed by atoms with Gasteiger partial charge in [0, 0.05) is 50.5 Å². The van der Waals surface area contributed by atoms with Gasteiger partial charge in [0.25, 0.3) is 6.71 Å². The van der Waals surface area contributed by atoms with Crippen LogP contribution in [0.3, 0.4) is 0 Å². The number of nitriles is 1. The Hall–Kier alpha value is -11.6. The van der Waals surface area contributed by atoms with E-state index < -0.39 is 29.0 Å². The zero-order valence-corrected chi connectivity index (χ0v) is 48.9. The Morgan fingerprint density at radius 1 is 0.315 bits per heavy atom. The van der Waals surface area contributed by atoms with Crippen molar-refractivity contribution in [3.8, 4) is 78.5 Å². The molecular formula is C81H49BF6N4. The van der Waals surface area contributed by atoms with Gasteiger partial charge in [0.2, 0.25) is 0 Å². The molecule has 4 nitrogen and oxygen atoms in total. The zero-order valence-electron chi connectivity index (χ0n) is 48.9. The molecule has 92 heavy (non-hydrogen) atoms. The Balaban J connectivity index is 0.984. The van der Waals surface area contributed by atoms with E-state index in [1.54, 1.807) is 16.7 Å². The molecule has 0 spiro atoms. The molecule has 0 aliphatic carbocycles. The SMILES string of the molecule is N#Cc1ccc(-c2cc(C(F)(F)F)ccc2-n2c3ccccc3c3cc(-c4cc5c6c(c4)N(c4cc(-c7ccccc7)cc(-c7ccccc7)c4)c4ccccc4B6c4ccccc4N5c4cc(-c5ccccc5)cc(-c5ccccc5)c4)ccc32)c(C(F)(F)F)c1. The molecule has 0 radical (unpaired) electrons. The summed E-state index contributed by atoms with van der Waals surface area (Å²) < 4.78 is 91.5. The number of benzene rings is 13. The average molecular weight is 1200 g/mol. The van der Waals surface area contributed by atoms with Crippen LogP contribution >= 0.6 is 0 Å². The van der Waals surface area contributed by atoms with Crippen molar-refractivity contribution >= 4 is 79.0 Å². The molecule has 0 amide bonds. The van der Waals surface area contributed by atoms with Crippen molar-refractivity contribution in [1.29, 1.82) is 5.26 Å². The van der Waals surface area contributed by atoms with E-state index in [9.17, 15) is 18.4 Å². The van der Waals surface area contributed by atoms with Crippen LogP contribution < -0.4 is 26.2 Å². The van der Waals surface area contributed by atoms with Crippen LogP contribution in [0.1, 0.15) is 16.7 Å². The highest BCUT2D eigenvalue weighted by Crippen LogP contribution is 2.50. The second-order valence-corrected chi connectivity index (χ2v) is 23.3. The highest BCUT2D eigenvalue weighted by molar-refractivity contribution is 7.00. The van der Waals surface area contributed by atoms with Gasteiger partial charge in [0.1, 0.15) is 0 Å². The highest BCUT2D eigenvalue weighted by atomic mass is 19.4. The van der Waals surface area contributed by atoms with Gasteiger partial charge >= 0.3 is 12.4 Å². The number of hydrogen-bond acceptors (Lipinski definition) is 3. The first kappa shape index (κ1) is 55.7. The molecule has 3 heterocycles. The number of halogens is 6. The molecular weight excluding hydrogens is 1150 g/mol. The van der Waals surface area contributed by atoms with Crippen molar-refractivity contribution in [1.82, 2.24) is 4.57 Å². The number of alkyl halides is 6. The van der Waals surface area contributed by atoms with Crippen LogP contribution in [0.15, 0.2) is 297 Å². The molecule has 0 saturated carbocycles. The Labute approximate surface area is 527 Å². The molecule has 0 saturated heterocycles. The summed E-state index contributed by atoms with van der Waals surface area (Å²) in [7, 11) is 0. The van der Waals surface area contributed by atoms with E-state index in [0.29, 0.717) is 17.1 Å². The number of nitrogens with zero attached hydrogens (tertiary/aromatic N) is 4. The normalized spacial score (nSPS) is 12.6. The average Bonchev–Trinajstić information content (AvgIpc) is 0.713. The fourth-order valence-corrected chi connectivity index (χ4v) is 13.9. The first-order valence-electron chi connectivity index (χ1n) is 30.2. The van der Waals surface area contributed by atoms with E-state index in [0.717, 1.165) is 135 Å². The summed E-state index contributed by atoms with van der Waals surface area (Å²) in [4.78, 5) is 4.81. The molecule has 0 N–H and O–H groups in total. The number of para-hydroxylation sites is 3. The number of rotatable bonds is 9. The van der Waals surface area contributed by atoms with Crippen molar-refractivity contribution < 1.29 is 26.3 Å². The van der Waals surface area contributed by atoms with Gasteiger partial charge in [0.05, 0.1) is 39.5 Å². The van der Waals surface area contributed by atoms with Gasteiger partial charge in [0.15, 0.2) is 0 Å². The van der Waals surface area contributed by atoms with E-state index in [2.05, 4.69) is 210 Å². The predicted molar refractivity (Wildman–Crippen MR) is 362 cm³/mol. The summed E-state index contributed by atoms with van der Waals surface area (Å²) >= 11 is 0. The van der Waals surface area contributed by atoms with Gasteiger partial charge < -0.3 is 14.4 Å². The largest absolute Gasteiger partial charge is 0.417 e. The van der Waals surface area contributed by atoms with E-state index in [-0.39, 0.29) is 23.5 Å². The molecule has 0 atom stereocenters. The molecule has 0 unspecified atom stereocenters. The van der Waals surface area contributed by atoms with Gasteiger partial charge in [-0.2, -0.15) is 31.6 Å². The topological polar surface area (TPSA) is 35.2 Å². The molecule has 2 aliphatic heterocycles. The van der Waals surface area contributed by atoms with Crippen LogP contribution in [0.4, 0.5) is 60.5 Å². The molecule has 11 heteroatoms. The maximum absolute atomic E-state index is 15.2. The lowest BCUT2D eigenvalue weighted by Crippen LogP contribution is -2.61. The van der Waals surface area contributed by atoms with Crippen molar-refractivity contribution in [3.63, 3.8) is 0 Å². The van der Waals surface area contributed by atoms with Crippen molar-refractivity contribution in [2.45, 2.75) is 12.4 Å². The monoisotopic (exact) mass is 1200 g/mol. The van der Waals surface area contributed by atoms with E-state index in [1.165, 1.54) is 12.1 Å². The van der Waals surface area contributed by atoms with Crippen molar-refractivity contribution in [2.24, 2.45) is 0 Å². The first-order valence-corrected chi connectivity index (χ1v) is 30.2. The summed E-state index contributed by atoms with van der Waals surface area (Å²) in [5, 5.41) is 11.2. The molecule has 438 valence electrons. The van der Waals surface area contributed by atoms with Crippen molar-refractivity contribution in [2.75, 3.05) is 9.80 Å². The lowest BCUT2D eigenvalue weighted by molar-refractivity contribution is -0.137. The maximum Gasteiger partial charge on any atom is 0.417 e. The maximum atomic E-state index is 15.2. The molecule has 0 fully saturated rings. The number of fused-ring (bicyclic) bond motifs is 7.